The summed E-state index contributed by atoms with van der Waals surface area (Å²) in [6.45, 7) is 0. The summed E-state index contributed by atoms with van der Waals surface area (Å²) in [5.41, 5.74) is 3.53. The Balaban J connectivity index is 1.93. The zero-order valence-electron chi connectivity index (χ0n) is 10.00. The summed E-state index contributed by atoms with van der Waals surface area (Å²) < 4.78 is 1.72. The molecule has 1 atom stereocenters. The Labute approximate surface area is 136 Å². The first kappa shape index (κ1) is 14.2. The van der Waals surface area contributed by atoms with Crippen LogP contribution in [0.25, 0.3) is 6.08 Å². The largest absolute Gasteiger partial charge is 0.378 e. The van der Waals surface area contributed by atoms with E-state index in [0.717, 1.165) is 5.70 Å². The van der Waals surface area contributed by atoms with Gasteiger partial charge in [-0.2, -0.15) is 0 Å². The van der Waals surface area contributed by atoms with Crippen molar-refractivity contribution in [1.82, 2.24) is 5.32 Å². The van der Waals surface area contributed by atoms with E-state index in [4.69, 9.17) is 0 Å². The molecule has 1 aliphatic heterocycles. The SMILES string of the molecule is ICCC[C@@H](I)N/C=C1/C=Cc2ccccc2N1. The molecule has 0 aliphatic carbocycles. The molecule has 1 aliphatic rings. The zero-order chi connectivity index (χ0) is 12.8. The van der Waals surface area contributed by atoms with Crippen molar-refractivity contribution in [2.75, 3.05) is 9.74 Å². The lowest BCUT2D eigenvalue weighted by molar-refractivity contribution is 0.717. The summed E-state index contributed by atoms with van der Waals surface area (Å²) in [4.78, 5) is 0. The summed E-state index contributed by atoms with van der Waals surface area (Å²) >= 11 is 4.87. The highest BCUT2D eigenvalue weighted by Crippen LogP contribution is 2.23. The molecule has 2 rings (SSSR count). The second kappa shape index (κ2) is 7.37. The minimum Gasteiger partial charge on any atom is -0.378 e. The average molecular weight is 466 g/mol. The first-order valence-corrected chi connectivity index (χ1v) is 8.77. The smallest absolute Gasteiger partial charge is 0.0777 e. The fraction of sp³-hybridized carbons (Fsp3) is 0.286. The van der Waals surface area contributed by atoms with Crippen molar-refractivity contribution in [2.45, 2.75) is 16.9 Å². The van der Waals surface area contributed by atoms with E-state index in [-0.39, 0.29) is 0 Å². The van der Waals surface area contributed by atoms with Crippen LogP contribution in [0.2, 0.25) is 0 Å². The Morgan fingerprint density at radius 1 is 1.28 bits per heavy atom. The third kappa shape index (κ3) is 4.15. The molecule has 0 amide bonds. The van der Waals surface area contributed by atoms with E-state index in [1.54, 1.807) is 0 Å². The minimum atomic E-state index is 0.497. The van der Waals surface area contributed by atoms with Crippen LogP contribution in [0.15, 0.2) is 42.2 Å². The van der Waals surface area contributed by atoms with E-state index >= 15 is 0 Å². The summed E-state index contributed by atoms with van der Waals surface area (Å²) in [6.07, 6.45) is 8.78. The molecule has 0 fully saturated rings. The Morgan fingerprint density at radius 2 is 2.11 bits per heavy atom. The van der Waals surface area contributed by atoms with Gasteiger partial charge in [-0.25, -0.2) is 0 Å². The standard InChI is InChI=1S/C14H16I2N2/c15-9-3-6-14(16)17-10-12-8-7-11-4-1-2-5-13(11)18-12/h1-2,4-5,7-8,10,14,17-18H,3,6,9H2/b12-10-/t14-/m0/s1. The zero-order valence-corrected chi connectivity index (χ0v) is 14.3. The van der Waals surface area contributed by atoms with Gasteiger partial charge in [0.25, 0.3) is 0 Å². The number of rotatable bonds is 5. The maximum Gasteiger partial charge on any atom is 0.0777 e. The van der Waals surface area contributed by atoms with E-state index in [2.05, 4.69) is 98.4 Å². The van der Waals surface area contributed by atoms with Gasteiger partial charge in [0.05, 0.1) is 9.75 Å². The molecule has 1 aromatic rings. The van der Waals surface area contributed by atoms with Crippen LogP contribution < -0.4 is 10.6 Å². The van der Waals surface area contributed by atoms with Crippen LogP contribution in [-0.2, 0) is 0 Å². The number of hydrogen-bond donors (Lipinski definition) is 2. The second-order valence-electron chi connectivity index (χ2n) is 4.11. The minimum absolute atomic E-state index is 0.497. The number of nitrogens with one attached hydrogen (secondary N) is 2. The Bertz CT molecular complexity index is 455. The molecule has 1 aromatic carbocycles. The number of benzene rings is 1. The van der Waals surface area contributed by atoms with Crippen LogP contribution in [0.5, 0.6) is 0 Å². The molecule has 0 saturated carbocycles. The van der Waals surface area contributed by atoms with E-state index in [1.807, 2.05) is 0 Å². The van der Waals surface area contributed by atoms with Crippen molar-refractivity contribution in [3.05, 3.63) is 47.8 Å². The molecule has 4 heteroatoms. The predicted octanol–water partition coefficient (Wildman–Crippen LogP) is 4.53. The van der Waals surface area contributed by atoms with Gasteiger partial charge in [-0.1, -0.05) is 69.5 Å². The van der Waals surface area contributed by atoms with Gasteiger partial charge in [0.2, 0.25) is 0 Å². The maximum absolute atomic E-state index is 3.43. The van der Waals surface area contributed by atoms with Gasteiger partial charge in [-0.15, -0.1) is 0 Å². The Kier molecular flexibility index (Phi) is 5.81. The van der Waals surface area contributed by atoms with Crippen LogP contribution >= 0.6 is 45.2 Å². The van der Waals surface area contributed by atoms with Gasteiger partial charge in [0, 0.05) is 11.9 Å². The lowest BCUT2D eigenvalue weighted by Gasteiger charge is -2.17. The van der Waals surface area contributed by atoms with Crippen LogP contribution in [0.4, 0.5) is 5.69 Å². The fourth-order valence-corrected chi connectivity index (χ4v) is 2.80. The second-order valence-corrected chi connectivity index (χ2v) is 6.69. The highest BCUT2D eigenvalue weighted by atomic mass is 127. The fourth-order valence-electron chi connectivity index (χ4n) is 1.74. The van der Waals surface area contributed by atoms with Gasteiger partial charge < -0.3 is 10.6 Å². The molecule has 0 spiro atoms. The topological polar surface area (TPSA) is 24.1 Å². The molecule has 0 aromatic heterocycles. The number of allylic oxidation sites excluding steroid dienone is 1. The highest BCUT2D eigenvalue weighted by molar-refractivity contribution is 14.1. The van der Waals surface area contributed by atoms with Crippen molar-refractivity contribution in [1.29, 1.82) is 0 Å². The van der Waals surface area contributed by atoms with Gasteiger partial charge >= 0.3 is 0 Å². The monoisotopic (exact) mass is 466 g/mol. The average Bonchev–Trinajstić information content (AvgIpc) is 2.42. The predicted molar refractivity (Wildman–Crippen MR) is 96.2 cm³/mol. The number of halogens is 2. The molecule has 0 radical (unpaired) electrons. The molecule has 2 nitrogen and oxygen atoms in total. The van der Waals surface area contributed by atoms with E-state index < -0.39 is 0 Å². The lowest BCUT2D eigenvalue weighted by Crippen LogP contribution is -2.19. The van der Waals surface area contributed by atoms with Gasteiger partial charge in [0.1, 0.15) is 0 Å². The number of para-hydroxylation sites is 1. The number of anilines is 1. The third-order valence-corrected chi connectivity index (χ3v) is 4.44. The Hall–Kier alpha value is -0.240. The molecule has 0 saturated heterocycles. The third-order valence-electron chi connectivity index (χ3n) is 2.69. The van der Waals surface area contributed by atoms with E-state index in [9.17, 15) is 0 Å². The molecule has 0 unspecified atom stereocenters. The van der Waals surface area contributed by atoms with Crippen LogP contribution in [0, 0.1) is 0 Å². The quantitative estimate of drug-likeness (QED) is 0.379. The maximum atomic E-state index is 3.43. The molecule has 2 N–H and O–H groups in total. The van der Waals surface area contributed by atoms with Crippen molar-refractivity contribution < 1.29 is 0 Å². The Morgan fingerprint density at radius 3 is 2.94 bits per heavy atom. The summed E-state index contributed by atoms with van der Waals surface area (Å²) in [6, 6.07) is 8.33. The van der Waals surface area contributed by atoms with Gasteiger partial charge in [0.15, 0.2) is 0 Å². The molecular weight excluding hydrogens is 450 g/mol. The summed E-state index contributed by atoms with van der Waals surface area (Å²) in [5.74, 6) is 0. The summed E-state index contributed by atoms with van der Waals surface area (Å²) in [7, 11) is 0. The first-order valence-electron chi connectivity index (χ1n) is 6.00. The van der Waals surface area contributed by atoms with E-state index in [0.29, 0.717) is 4.05 Å². The first-order chi connectivity index (χ1) is 8.79. The van der Waals surface area contributed by atoms with Crippen molar-refractivity contribution in [3.63, 3.8) is 0 Å². The lowest BCUT2D eigenvalue weighted by atomic mass is 10.1. The number of alkyl halides is 2. The number of fused-ring (bicyclic) bond motifs is 1. The van der Waals surface area contributed by atoms with Gasteiger partial charge in [-0.3, -0.25) is 0 Å². The molecule has 18 heavy (non-hydrogen) atoms. The highest BCUT2D eigenvalue weighted by Gasteiger charge is 2.06. The van der Waals surface area contributed by atoms with E-state index in [1.165, 1.54) is 28.5 Å². The van der Waals surface area contributed by atoms with Crippen LogP contribution in [0.3, 0.4) is 0 Å². The normalized spacial score (nSPS) is 17.1. The summed E-state index contributed by atoms with van der Waals surface area (Å²) in [5, 5.41) is 6.84. The molecular formula is C14H16I2N2. The molecule has 1 heterocycles. The van der Waals surface area contributed by atoms with Crippen molar-refractivity contribution in [3.8, 4) is 0 Å². The van der Waals surface area contributed by atoms with Crippen molar-refractivity contribution in [2.24, 2.45) is 0 Å². The van der Waals surface area contributed by atoms with Crippen molar-refractivity contribution >= 4 is 56.9 Å². The number of hydrogen-bond acceptors (Lipinski definition) is 2. The van der Waals surface area contributed by atoms with Crippen LogP contribution in [-0.4, -0.2) is 8.48 Å². The molecule has 0 bridgehead atoms. The van der Waals surface area contributed by atoms with Gasteiger partial charge in [-0.05, 0) is 35.0 Å². The molecule has 96 valence electrons. The van der Waals surface area contributed by atoms with Crippen LogP contribution in [0.1, 0.15) is 18.4 Å².